The van der Waals surface area contributed by atoms with E-state index in [4.69, 9.17) is 28.6 Å². The van der Waals surface area contributed by atoms with Crippen LogP contribution >= 0.6 is 23.8 Å². The molecular weight excluding hydrogens is 462 g/mol. The molecule has 2 aromatic rings. The van der Waals surface area contributed by atoms with Crippen molar-refractivity contribution in [2.24, 2.45) is 0 Å². The van der Waals surface area contributed by atoms with E-state index < -0.39 is 12.0 Å². The Balaban J connectivity index is 1.66. The minimum Gasteiger partial charge on any atom is -0.462 e. The Labute approximate surface area is 203 Å². The van der Waals surface area contributed by atoms with E-state index in [1.807, 2.05) is 36.1 Å². The molecule has 7 nitrogen and oxygen atoms in total. The smallest absolute Gasteiger partial charge is 0.338 e. The highest BCUT2D eigenvalue weighted by Crippen LogP contribution is 2.22. The van der Waals surface area contributed by atoms with Crippen molar-refractivity contribution in [3.05, 3.63) is 64.7 Å². The summed E-state index contributed by atoms with van der Waals surface area (Å²) in [6.07, 6.45) is 0.630. The summed E-state index contributed by atoms with van der Waals surface area (Å²) in [6, 6.07) is 13.3. The standard InChI is InChI=1S/C24H26ClN3O4S/c1-3-27-22(30)20(28(24(27)33)14-13-16-5-9-18(25)10-6-16)15-21(29)26-19-11-7-17(8-12-19)23(31)32-4-2/h5-12,20H,3-4,13-15H2,1-2H3,(H,26,29). The molecule has 3 rings (SSSR count). The van der Waals surface area contributed by atoms with Crippen LogP contribution < -0.4 is 5.32 Å². The lowest BCUT2D eigenvalue weighted by Crippen LogP contribution is -2.39. The number of nitrogens with zero attached hydrogens (tertiary/aromatic N) is 2. The van der Waals surface area contributed by atoms with Crippen LogP contribution in [0.1, 0.15) is 36.2 Å². The van der Waals surface area contributed by atoms with Gasteiger partial charge in [0.2, 0.25) is 5.91 Å². The third-order valence-electron chi connectivity index (χ3n) is 5.33. The first kappa shape index (κ1) is 24.7. The van der Waals surface area contributed by atoms with E-state index in [2.05, 4.69) is 5.32 Å². The average Bonchev–Trinajstić information content (AvgIpc) is 3.02. The van der Waals surface area contributed by atoms with Crippen molar-refractivity contribution >= 4 is 52.4 Å². The van der Waals surface area contributed by atoms with Gasteiger partial charge in [-0.3, -0.25) is 14.5 Å². The summed E-state index contributed by atoms with van der Waals surface area (Å²) in [7, 11) is 0. The average molecular weight is 488 g/mol. The van der Waals surface area contributed by atoms with E-state index in [9.17, 15) is 14.4 Å². The molecule has 9 heteroatoms. The molecule has 0 aliphatic carbocycles. The highest BCUT2D eigenvalue weighted by molar-refractivity contribution is 7.80. The van der Waals surface area contributed by atoms with E-state index in [0.717, 1.165) is 5.56 Å². The van der Waals surface area contributed by atoms with Crippen LogP contribution in [0.3, 0.4) is 0 Å². The van der Waals surface area contributed by atoms with Crippen LogP contribution in [0.2, 0.25) is 5.02 Å². The van der Waals surface area contributed by atoms with Gasteiger partial charge in [-0.15, -0.1) is 0 Å². The van der Waals surface area contributed by atoms with E-state index in [0.29, 0.717) is 40.9 Å². The van der Waals surface area contributed by atoms with Gasteiger partial charge in [0.05, 0.1) is 18.6 Å². The number of benzene rings is 2. The second-order valence-electron chi connectivity index (χ2n) is 7.50. The quantitative estimate of drug-likeness (QED) is 0.427. The molecular formula is C24H26ClN3O4S. The Hall–Kier alpha value is -2.97. The van der Waals surface area contributed by atoms with Crippen LogP contribution in [-0.4, -0.2) is 58.4 Å². The zero-order valence-corrected chi connectivity index (χ0v) is 20.1. The molecule has 0 radical (unpaired) electrons. The first-order chi connectivity index (χ1) is 15.8. The molecule has 0 saturated carbocycles. The van der Waals surface area contributed by atoms with Gasteiger partial charge in [0.15, 0.2) is 5.11 Å². The molecule has 0 spiro atoms. The van der Waals surface area contributed by atoms with Gasteiger partial charge >= 0.3 is 5.97 Å². The van der Waals surface area contributed by atoms with Crippen molar-refractivity contribution in [1.82, 2.24) is 9.80 Å². The minimum absolute atomic E-state index is 0.0320. The first-order valence-electron chi connectivity index (χ1n) is 10.8. The maximum Gasteiger partial charge on any atom is 0.338 e. The third kappa shape index (κ3) is 6.09. The SMILES string of the molecule is CCOC(=O)c1ccc(NC(=O)CC2C(=O)N(CC)C(=S)N2CCc2ccc(Cl)cc2)cc1. The van der Waals surface area contributed by atoms with Crippen LogP contribution in [0.4, 0.5) is 5.69 Å². The summed E-state index contributed by atoms with van der Waals surface area (Å²) >= 11 is 11.5. The maximum absolute atomic E-state index is 12.9. The molecule has 2 aromatic carbocycles. The number of ether oxygens (including phenoxy) is 1. The zero-order valence-electron chi connectivity index (χ0n) is 18.5. The van der Waals surface area contributed by atoms with Gasteiger partial charge in [-0.25, -0.2) is 4.79 Å². The van der Waals surface area contributed by atoms with E-state index >= 15 is 0 Å². The third-order valence-corrected chi connectivity index (χ3v) is 6.04. The molecule has 1 heterocycles. The topological polar surface area (TPSA) is 78.9 Å². The fourth-order valence-corrected chi connectivity index (χ4v) is 4.19. The number of carbonyl (C=O) groups excluding carboxylic acids is 3. The van der Waals surface area contributed by atoms with Crippen molar-refractivity contribution in [2.75, 3.05) is 25.0 Å². The summed E-state index contributed by atoms with van der Waals surface area (Å²) in [5, 5.41) is 3.89. The second-order valence-corrected chi connectivity index (χ2v) is 8.30. The largest absolute Gasteiger partial charge is 0.462 e. The molecule has 1 unspecified atom stereocenters. The maximum atomic E-state index is 12.9. The number of amides is 2. The molecule has 1 saturated heterocycles. The van der Waals surface area contributed by atoms with Crippen LogP contribution in [0.5, 0.6) is 0 Å². The fraction of sp³-hybridized carbons (Fsp3) is 0.333. The number of likely N-dealkylation sites (N-methyl/N-ethyl adjacent to an activating group) is 1. The number of hydrogen-bond acceptors (Lipinski definition) is 5. The Morgan fingerprint density at radius 3 is 2.36 bits per heavy atom. The predicted octanol–water partition coefficient (Wildman–Crippen LogP) is 3.91. The number of carbonyl (C=O) groups is 3. The summed E-state index contributed by atoms with van der Waals surface area (Å²) in [6.45, 7) is 4.84. The Morgan fingerprint density at radius 2 is 1.76 bits per heavy atom. The van der Waals surface area contributed by atoms with Gasteiger partial charge in [0.25, 0.3) is 5.91 Å². The van der Waals surface area contributed by atoms with Crippen LogP contribution in [0.15, 0.2) is 48.5 Å². The van der Waals surface area contributed by atoms with Crippen molar-refractivity contribution in [3.8, 4) is 0 Å². The van der Waals surface area contributed by atoms with Crippen LogP contribution in [0.25, 0.3) is 0 Å². The van der Waals surface area contributed by atoms with Gasteiger partial charge in [-0.1, -0.05) is 23.7 Å². The lowest BCUT2D eigenvalue weighted by atomic mass is 10.1. The van der Waals surface area contributed by atoms with Crippen molar-refractivity contribution in [1.29, 1.82) is 0 Å². The van der Waals surface area contributed by atoms with Crippen molar-refractivity contribution in [3.63, 3.8) is 0 Å². The molecule has 1 fully saturated rings. The van der Waals surface area contributed by atoms with Crippen molar-refractivity contribution < 1.29 is 19.1 Å². The molecule has 1 atom stereocenters. The molecule has 33 heavy (non-hydrogen) atoms. The molecule has 0 bridgehead atoms. The van der Waals surface area contributed by atoms with Crippen LogP contribution in [-0.2, 0) is 20.7 Å². The van der Waals surface area contributed by atoms with Gasteiger partial charge in [0, 0.05) is 23.8 Å². The summed E-state index contributed by atoms with van der Waals surface area (Å²) in [4.78, 5) is 40.8. The van der Waals surface area contributed by atoms with E-state index in [1.54, 1.807) is 31.2 Å². The highest BCUT2D eigenvalue weighted by Gasteiger charge is 2.42. The summed E-state index contributed by atoms with van der Waals surface area (Å²) in [5.41, 5.74) is 1.99. The fourth-order valence-electron chi connectivity index (χ4n) is 3.63. The normalized spacial score (nSPS) is 15.7. The number of anilines is 1. The lowest BCUT2D eigenvalue weighted by Gasteiger charge is -2.23. The number of nitrogens with one attached hydrogen (secondary N) is 1. The Bertz CT molecular complexity index is 1030. The zero-order chi connectivity index (χ0) is 24.0. The Kier molecular flexibility index (Phi) is 8.41. The second kappa shape index (κ2) is 11.2. The van der Waals surface area contributed by atoms with Crippen LogP contribution in [0, 0.1) is 0 Å². The van der Waals surface area contributed by atoms with Gasteiger partial charge in [-0.05, 0) is 74.4 Å². The van der Waals surface area contributed by atoms with Gasteiger partial charge < -0.3 is 15.0 Å². The van der Waals surface area contributed by atoms with E-state index in [1.165, 1.54) is 4.90 Å². The molecule has 1 aliphatic heterocycles. The highest BCUT2D eigenvalue weighted by atomic mass is 35.5. The first-order valence-corrected chi connectivity index (χ1v) is 11.6. The molecule has 0 aromatic heterocycles. The molecule has 1 N–H and O–H groups in total. The number of hydrogen-bond donors (Lipinski definition) is 1. The summed E-state index contributed by atoms with van der Waals surface area (Å²) in [5.74, 6) is -0.905. The Morgan fingerprint density at radius 1 is 1.09 bits per heavy atom. The van der Waals surface area contributed by atoms with Gasteiger partial charge in [-0.2, -0.15) is 0 Å². The van der Waals surface area contributed by atoms with Gasteiger partial charge in [0.1, 0.15) is 6.04 Å². The minimum atomic E-state index is -0.663. The number of thiocarbonyl (C=S) groups is 1. The monoisotopic (exact) mass is 487 g/mol. The number of rotatable bonds is 9. The summed E-state index contributed by atoms with van der Waals surface area (Å²) < 4.78 is 4.96. The van der Waals surface area contributed by atoms with Crippen molar-refractivity contribution in [2.45, 2.75) is 32.7 Å². The van der Waals surface area contributed by atoms with E-state index in [-0.39, 0.29) is 24.8 Å². The molecule has 1 aliphatic rings. The molecule has 2 amide bonds. The lowest BCUT2D eigenvalue weighted by molar-refractivity contribution is -0.130. The predicted molar refractivity (Wildman–Crippen MR) is 131 cm³/mol. The molecule has 174 valence electrons. The number of esters is 1. The number of halogens is 1.